The molecule has 8 heteroatoms. The van der Waals surface area contributed by atoms with Gasteiger partial charge in [-0.25, -0.2) is 8.42 Å². The van der Waals surface area contributed by atoms with Crippen LogP contribution in [0.5, 0.6) is 0 Å². The maximum atomic E-state index is 13.7. The van der Waals surface area contributed by atoms with Crippen LogP contribution < -0.4 is 0 Å². The van der Waals surface area contributed by atoms with Crippen LogP contribution in [0.1, 0.15) is 57.5 Å². The highest BCUT2D eigenvalue weighted by Crippen LogP contribution is 2.41. The van der Waals surface area contributed by atoms with Gasteiger partial charge in [0.05, 0.1) is 0 Å². The molecule has 0 aliphatic carbocycles. The number of hydrogen-bond donors (Lipinski definition) is 0. The molecule has 1 aromatic carbocycles. The summed E-state index contributed by atoms with van der Waals surface area (Å²) in [5.74, 6) is 0. The van der Waals surface area contributed by atoms with E-state index < -0.39 is 21.7 Å². The van der Waals surface area contributed by atoms with Gasteiger partial charge in [0.25, 0.3) is 0 Å². The van der Waals surface area contributed by atoms with Crippen molar-refractivity contribution >= 4 is 15.4 Å². The number of unbranched alkanes of at least 4 members (excludes halogenated alkanes) is 1. The van der Waals surface area contributed by atoms with Crippen molar-refractivity contribution in [2.45, 2.75) is 60.2 Å². The van der Waals surface area contributed by atoms with Gasteiger partial charge < -0.3 is 0 Å². The Balaban J connectivity index is 0.000000513. The average Bonchev–Trinajstić information content (AvgIpc) is 3.12. The summed E-state index contributed by atoms with van der Waals surface area (Å²) < 4.78 is 63.1. The topological polar surface area (TPSA) is 52.0 Å². The maximum absolute atomic E-state index is 13.7. The van der Waals surface area contributed by atoms with E-state index in [1.54, 1.807) is 50.3 Å². The average molecular weight is 483 g/mol. The molecule has 0 bridgehead atoms. The molecule has 0 saturated heterocycles. The van der Waals surface area contributed by atoms with Crippen molar-refractivity contribution in [3.05, 3.63) is 70.9 Å². The largest absolute Gasteiger partial charge is 0.433 e. The number of rotatable bonds is 7. The molecule has 0 fully saturated rings. The second-order valence-electron chi connectivity index (χ2n) is 7.49. The second-order valence-corrected chi connectivity index (χ2v) is 9.42. The van der Waals surface area contributed by atoms with E-state index in [1.807, 2.05) is 32.9 Å². The van der Waals surface area contributed by atoms with E-state index in [9.17, 15) is 21.6 Å². The SMILES string of the molecule is CC=C(/C=C\C)c1nn(CC)c(C(F)(F)F)c1-c1ccc(C)cc1.CCC/C=C/S(C)(=O)=O. The molecule has 0 radical (unpaired) electrons. The minimum absolute atomic E-state index is 0.135. The zero-order chi connectivity index (χ0) is 25.2. The van der Waals surface area contributed by atoms with E-state index in [1.165, 1.54) is 11.7 Å². The third kappa shape index (κ3) is 8.68. The first-order valence-corrected chi connectivity index (χ1v) is 12.8. The maximum Gasteiger partial charge on any atom is 0.433 e. The predicted molar refractivity (Wildman–Crippen MR) is 130 cm³/mol. The molecule has 0 aliphatic heterocycles. The van der Waals surface area contributed by atoms with E-state index in [4.69, 9.17) is 0 Å². The number of sulfone groups is 1. The van der Waals surface area contributed by atoms with Crippen molar-refractivity contribution in [3.8, 4) is 11.1 Å². The van der Waals surface area contributed by atoms with Crippen molar-refractivity contribution in [2.24, 2.45) is 0 Å². The normalized spacial score (nSPS) is 12.9. The molecule has 1 heterocycles. The molecule has 0 saturated carbocycles. The fourth-order valence-corrected chi connectivity index (χ4v) is 3.56. The fraction of sp³-hybridized carbons (Fsp3) is 0.400. The van der Waals surface area contributed by atoms with Gasteiger partial charge in [-0.15, -0.1) is 0 Å². The number of aromatic nitrogens is 2. The van der Waals surface area contributed by atoms with Crippen molar-refractivity contribution in [1.82, 2.24) is 9.78 Å². The van der Waals surface area contributed by atoms with E-state index in [-0.39, 0.29) is 12.1 Å². The predicted octanol–water partition coefficient (Wildman–Crippen LogP) is 7.22. The summed E-state index contributed by atoms with van der Waals surface area (Å²) in [4.78, 5) is 0. The Kier molecular flexibility index (Phi) is 10.8. The van der Waals surface area contributed by atoms with Crippen LogP contribution in [-0.4, -0.2) is 24.5 Å². The van der Waals surface area contributed by atoms with Crippen LogP contribution in [-0.2, 0) is 22.6 Å². The number of nitrogens with zero attached hydrogens (tertiary/aromatic N) is 2. The highest BCUT2D eigenvalue weighted by Gasteiger charge is 2.40. The Hall–Kier alpha value is -2.61. The standard InChI is InChI=1S/C19H21F3N2.C6H12O2S/c1-5-8-14(6-2)17-16(15-11-9-13(4)10-12-15)18(19(20,21)22)24(7-3)23-17;1-3-4-5-6-9(2,7)8/h5-6,8-12H,7H2,1-4H3;5-6H,3-4H2,1-2H3/b8-5-,14-6?;6-5+. The Morgan fingerprint density at radius 1 is 1.12 bits per heavy atom. The molecule has 4 nitrogen and oxygen atoms in total. The number of hydrogen-bond acceptors (Lipinski definition) is 3. The van der Waals surface area contributed by atoms with Gasteiger partial charge in [0.2, 0.25) is 0 Å². The summed E-state index contributed by atoms with van der Waals surface area (Å²) in [6.07, 6.45) is 5.58. The van der Waals surface area contributed by atoms with Crippen LogP contribution in [0.25, 0.3) is 16.7 Å². The summed E-state index contributed by atoms with van der Waals surface area (Å²) in [6.45, 7) is 9.36. The van der Waals surface area contributed by atoms with E-state index in [2.05, 4.69) is 5.10 Å². The number of halogens is 3. The zero-order valence-electron chi connectivity index (χ0n) is 20.1. The van der Waals surface area contributed by atoms with Gasteiger partial charge >= 0.3 is 6.18 Å². The molecule has 182 valence electrons. The molecule has 0 amide bonds. The lowest BCUT2D eigenvalue weighted by Gasteiger charge is -2.12. The van der Waals surface area contributed by atoms with Gasteiger partial charge in [0.15, 0.2) is 15.5 Å². The molecule has 0 aliphatic rings. The van der Waals surface area contributed by atoms with Crippen LogP contribution in [0.3, 0.4) is 0 Å². The van der Waals surface area contributed by atoms with Crippen LogP contribution >= 0.6 is 0 Å². The summed E-state index contributed by atoms with van der Waals surface area (Å²) in [6, 6.07) is 7.06. The van der Waals surface area contributed by atoms with Gasteiger partial charge in [0.1, 0.15) is 5.69 Å². The highest BCUT2D eigenvalue weighted by atomic mass is 32.2. The number of allylic oxidation sites excluding steroid dienone is 5. The monoisotopic (exact) mass is 482 g/mol. The number of alkyl halides is 3. The van der Waals surface area contributed by atoms with Gasteiger partial charge in [-0.3, -0.25) is 4.68 Å². The molecule has 33 heavy (non-hydrogen) atoms. The molecule has 1 aromatic heterocycles. The van der Waals surface area contributed by atoms with Crippen molar-refractivity contribution in [3.63, 3.8) is 0 Å². The smallest absolute Gasteiger partial charge is 0.260 e. The minimum Gasteiger partial charge on any atom is -0.260 e. The number of benzene rings is 1. The van der Waals surface area contributed by atoms with Gasteiger partial charge in [0, 0.05) is 23.8 Å². The third-order valence-electron chi connectivity index (χ3n) is 4.59. The molecular formula is C25H33F3N2O2S. The summed E-state index contributed by atoms with van der Waals surface area (Å²) in [5.41, 5.74) is 1.98. The van der Waals surface area contributed by atoms with Crippen molar-refractivity contribution in [1.29, 1.82) is 0 Å². The Morgan fingerprint density at radius 3 is 2.15 bits per heavy atom. The highest BCUT2D eigenvalue weighted by molar-refractivity contribution is 7.93. The lowest BCUT2D eigenvalue weighted by Crippen LogP contribution is -2.14. The molecule has 0 unspecified atom stereocenters. The first-order valence-electron chi connectivity index (χ1n) is 10.8. The van der Waals surface area contributed by atoms with E-state index in [0.29, 0.717) is 16.8 Å². The molecule has 2 rings (SSSR count). The first-order chi connectivity index (χ1) is 15.4. The lowest BCUT2D eigenvalue weighted by atomic mass is 9.97. The Labute approximate surface area is 195 Å². The zero-order valence-corrected chi connectivity index (χ0v) is 20.9. The number of aryl methyl sites for hydroxylation is 2. The lowest BCUT2D eigenvalue weighted by molar-refractivity contribution is -0.143. The quantitative estimate of drug-likeness (QED) is 0.392. The first kappa shape index (κ1) is 28.4. The second kappa shape index (κ2) is 12.6. The van der Waals surface area contributed by atoms with E-state index >= 15 is 0 Å². The van der Waals surface area contributed by atoms with Gasteiger partial charge in [-0.05, 0) is 45.3 Å². The van der Waals surface area contributed by atoms with Crippen molar-refractivity contribution < 1.29 is 21.6 Å². The summed E-state index contributed by atoms with van der Waals surface area (Å²) in [5, 5.41) is 5.51. The van der Waals surface area contributed by atoms with Crippen LogP contribution in [0.4, 0.5) is 13.2 Å². The van der Waals surface area contributed by atoms with Crippen LogP contribution in [0, 0.1) is 6.92 Å². The Morgan fingerprint density at radius 2 is 1.73 bits per heavy atom. The van der Waals surface area contributed by atoms with Crippen LogP contribution in [0.15, 0.2) is 54.0 Å². The fourth-order valence-electron chi connectivity index (χ4n) is 3.08. The van der Waals surface area contributed by atoms with E-state index in [0.717, 1.165) is 23.1 Å². The third-order valence-corrected chi connectivity index (χ3v) is 5.28. The van der Waals surface area contributed by atoms with Crippen molar-refractivity contribution in [2.75, 3.05) is 6.26 Å². The molecule has 0 atom stereocenters. The van der Waals surface area contributed by atoms with Gasteiger partial charge in [-0.1, -0.05) is 67.5 Å². The minimum atomic E-state index is -4.48. The van der Waals surface area contributed by atoms with Crippen LogP contribution in [0.2, 0.25) is 0 Å². The molecular weight excluding hydrogens is 449 g/mol. The summed E-state index contributed by atoms with van der Waals surface area (Å²) in [7, 11) is -2.88. The Bertz CT molecular complexity index is 1090. The summed E-state index contributed by atoms with van der Waals surface area (Å²) >= 11 is 0. The molecule has 0 spiro atoms. The molecule has 0 N–H and O–H groups in total. The molecule has 2 aromatic rings. The van der Waals surface area contributed by atoms with Gasteiger partial charge in [-0.2, -0.15) is 18.3 Å².